The van der Waals surface area contributed by atoms with E-state index >= 15 is 0 Å². The molecule has 0 saturated carbocycles. The number of carbonyl (C=O) groups is 1. The number of nitrogens with zero attached hydrogens (tertiary/aromatic N) is 2. The molecule has 0 aromatic carbocycles. The summed E-state index contributed by atoms with van der Waals surface area (Å²) in [7, 11) is 0. The Balaban J connectivity index is 3.25. The number of alkyl halides is 3. The van der Waals surface area contributed by atoms with Crippen LogP contribution in [0, 0.1) is 10.1 Å². The van der Waals surface area contributed by atoms with Crippen molar-refractivity contribution in [1.82, 2.24) is 4.98 Å². The Morgan fingerprint density at radius 1 is 1.60 bits per heavy atom. The summed E-state index contributed by atoms with van der Waals surface area (Å²) in [5.41, 5.74) is -1.95. The quantitative estimate of drug-likeness (QED) is 0.510. The Hall–Kier alpha value is -1.84. The van der Waals surface area contributed by atoms with Crippen molar-refractivity contribution in [2.45, 2.75) is 29.7 Å². The number of carboxylic acid groups (broad SMARTS) is 1. The fraction of sp³-hybridized carbons (Fsp3) is 0.400. The van der Waals surface area contributed by atoms with Gasteiger partial charge in [0, 0.05) is 0 Å². The standard InChI is InChI=1S/C10H9F3N2O4S/c1-2-6(9(16)17)20-7-3-8(10(11,12)13)14-4-5(7)15(18)19/h3-4,6H,2H2,1H3,(H,16,17). The minimum Gasteiger partial charge on any atom is -0.480 e. The summed E-state index contributed by atoms with van der Waals surface area (Å²) >= 11 is 0.501. The second-order valence-corrected chi connectivity index (χ2v) is 4.89. The zero-order chi connectivity index (χ0) is 15.5. The van der Waals surface area contributed by atoms with E-state index in [4.69, 9.17) is 5.11 Å². The number of carboxylic acids is 1. The molecule has 1 aromatic rings. The molecule has 0 spiro atoms. The summed E-state index contributed by atoms with van der Waals surface area (Å²) in [6.07, 6.45) is -4.16. The summed E-state index contributed by atoms with van der Waals surface area (Å²) in [4.78, 5) is 23.3. The number of aliphatic carboxylic acids is 1. The van der Waals surface area contributed by atoms with Gasteiger partial charge in [0.25, 0.3) is 0 Å². The van der Waals surface area contributed by atoms with Gasteiger partial charge in [-0.15, -0.1) is 11.8 Å². The summed E-state index contributed by atoms with van der Waals surface area (Å²) in [6, 6.07) is 0.494. The first-order valence-electron chi connectivity index (χ1n) is 5.28. The van der Waals surface area contributed by atoms with E-state index in [9.17, 15) is 28.1 Å². The Morgan fingerprint density at radius 3 is 2.60 bits per heavy atom. The van der Waals surface area contributed by atoms with Crippen LogP contribution >= 0.6 is 11.8 Å². The zero-order valence-corrected chi connectivity index (χ0v) is 10.9. The van der Waals surface area contributed by atoms with Crippen molar-refractivity contribution in [3.05, 3.63) is 28.1 Å². The summed E-state index contributed by atoms with van der Waals surface area (Å²) in [5, 5.41) is 18.5. The second-order valence-electron chi connectivity index (χ2n) is 3.65. The SMILES string of the molecule is CCC(Sc1cc(C(F)(F)F)ncc1[N+](=O)[O-])C(=O)O. The van der Waals surface area contributed by atoms with Crippen molar-refractivity contribution in [1.29, 1.82) is 0 Å². The van der Waals surface area contributed by atoms with Gasteiger partial charge < -0.3 is 5.11 Å². The highest BCUT2D eigenvalue weighted by molar-refractivity contribution is 8.00. The van der Waals surface area contributed by atoms with Crippen molar-refractivity contribution >= 4 is 23.4 Å². The van der Waals surface area contributed by atoms with Crippen LogP contribution in [0.1, 0.15) is 19.0 Å². The van der Waals surface area contributed by atoms with Gasteiger partial charge in [-0.2, -0.15) is 13.2 Å². The Labute approximate surface area is 115 Å². The van der Waals surface area contributed by atoms with Crippen LogP contribution in [0.4, 0.5) is 18.9 Å². The first-order chi connectivity index (χ1) is 9.16. The lowest BCUT2D eigenvalue weighted by atomic mass is 10.3. The molecule has 6 nitrogen and oxygen atoms in total. The van der Waals surface area contributed by atoms with E-state index in [0.717, 1.165) is 0 Å². The van der Waals surface area contributed by atoms with E-state index in [1.165, 1.54) is 6.92 Å². The van der Waals surface area contributed by atoms with Gasteiger partial charge in [-0.25, -0.2) is 4.98 Å². The highest BCUT2D eigenvalue weighted by Crippen LogP contribution is 2.37. The van der Waals surface area contributed by atoms with Crippen LogP contribution in [-0.4, -0.2) is 26.2 Å². The highest BCUT2D eigenvalue weighted by Gasteiger charge is 2.35. The van der Waals surface area contributed by atoms with Crippen LogP contribution in [0.15, 0.2) is 17.2 Å². The monoisotopic (exact) mass is 310 g/mol. The van der Waals surface area contributed by atoms with E-state index in [2.05, 4.69) is 4.98 Å². The molecule has 0 aliphatic carbocycles. The third-order valence-corrected chi connectivity index (χ3v) is 3.65. The van der Waals surface area contributed by atoms with Gasteiger partial charge in [0.05, 0.1) is 9.82 Å². The molecular formula is C10H9F3N2O4S. The van der Waals surface area contributed by atoms with Gasteiger partial charge in [-0.3, -0.25) is 14.9 Å². The molecule has 0 saturated heterocycles. The molecule has 1 aromatic heterocycles. The number of aromatic nitrogens is 1. The molecule has 20 heavy (non-hydrogen) atoms. The predicted octanol–water partition coefficient (Wildman–Crippen LogP) is 2.96. The zero-order valence-electron chi connectivity index (χ0n) is 10.0. The van der Waals surface area contributed by atoms with Crippen LogP contribution < -0.4 is 0 Å². The Morgan fingerprint density at radius 2 is 2.20 bits per heavy atom. The number of nitro groups is 1. The normalized spacial score (nSPS) is 13.0. The molecule has 0 bridgehead atoms. The minimum atomic E-state index is -4.75. The molecule has 0 aliphatic rings. The molecule has 1 heterocycles. The van der Waals surface area contributed by atoms with E-state index in [-0.39, 0.29) is 11.3 Å². The molecule has 0 fully saturated rings. The molecule has 110 valence electrons. The molecule has 0 aliphatic heterocycles. The summed E-state index contributed by atoms with van der Waals surface area (Å²) in [5.74, 6) is -1.25. The topological polar surface area (TPSA) is 93.3 Å². The number of halogens is 3. The molecule has 1 unspecified atom stereocenters. The van der Waals surface area contributed by atoms with E-state index in [0.29, 0.717) is 24.0 Å². The molecule has 0 amide bonds. The minimum absolute atomic E-state index is 0.112. The molecule has 1 atom stereocenters. The molecule has 10 heteroatoms. The fourth-order valence-electron chi connectivity index (χ4n) is 1.28. The highest BCUT2D eigenvalue weighted by atomic mass is 32.2. The van der Waals surface area contributed by atoms with Gasteiger partial charge in [0.1, 0.15) is 17.1 Å². The van der Waals surface area contributed by atoms with Crippen LogP contribution in [0.2, 0.25) is 0 Å². The number of hydrogen-bond donors (Lipinski definition) is 1. The predicted molar refractivity (Wildman–Crippen MR) is 63.5 cm³/mol. The number of hydrogen-bond acceptors (Lipinski definition) is 5. The van der Waals surface area contributed by atoms with Gasteiger partial charge in [-0.05, 0) is 12.5 Å². The maximum atomic E-state index is 12.5. The van der Waals surface area contributed by atoms with Crippen molar-refractivity contribution in [3.63, 3.8) is 0 Å². The molecule has 1 N–H and O–H groups in total. The lowest BCUT2D eigenvalue weighted by Crippen LogP contribution is -2.15. The van der Waals surface area contributed by atoms with E-state index in [1.807, 2.05) is 0 Å². The largest absolute Gasteiger partial charge is 0.480 e. The van der Waals surface area contributed by atoms with E-state index < -0.39 is 33.7 Å². The lowest BCUT2D eigenvalue weighted by molar-refractivity contribution is -0.388. The van der Waals surface area contributed by atoms with Crippen molar-refractivity contribution in [2.24, 2.45) is 0 Å². The maximum Gasteiger partial charge on any atom is 0.433 e. The first kappa shape index (κ1) is 16.2. The van der Waals surface area contributed by atoms with Crippen LogP contribution in [0.5, 0.6) is 0 Å². The van der Waals surface area contributed by atoms with Crippen molar-refractivity contribution < 1.29 is 28.0 Å². The average Bonchev–Trinajstić information content (AvgIpc) is 2.33. The van der Waals surface area contributed by atoms with Gasteiger partial charge in [-0.1, -0.05) is 6.92 Å². The second kappa shape index (κ2) is 6.07. The summed E-state index contributed by atoms with van der Waals surface area (Å²) in [6.45, 7) is 1.52. The van der Waals surface area contributed by atoms with Gasteiger partial charge in [0.2, 0.25) is 0 Å². The third kappa shape index (κ3) is 3.83. The van der Waals surface area contributed by atoms with Gasteiger partial charge >= 0.3 is 17.8 Å². The Bertz CT molecular complexity index is 536. The van der Waals surface area contributed by atoms with Crippen molar-refractivity contribution in [2.75, 3.05) is 0 Å². The number of thioether (sulfide) groups is 1. The van der Waals surface area contributed by atoms with E-state index in [1.54, 1.807) is 0 Å². The number of pyridine rings is 1. The Kier molecular flexibility index (Phi) is 4.93. The van der Waals surface area contributed by atoms with Gasteiger partial charge in [0.15, 0.2) is 0 Å². The summed E-state index contributed by atoms with van der Waals surface area (Å²) < 4.78 is 37.6. The van der Waals surface area contributed by atoms with Crippen molar-refractivity contribution in [3.8, 4) is 0 Å². The smallest absolute Gasteiger partial charge is 0.433 e. The molecule has 1 rings (SSSR count). The lowest BCUT2D eigenvalue weighted by Gasteiger charge is -2.11. The third-order valence-electron chi connectivity index (χ3n) is 2.25. The molecular weight excluding hydrogens is 301 g/mol. The molecule has 0 radical (unpaired) electrons. The fourth-order valence-corrected chi connectivity index (χ4v) is 2.28. The average molecular weight is 310 g/mol. The first-order valence-corrected chi connectivity index (χ1v) is 6.15. The van der Waals surface area contributed by atoms with Crippen LogP contribution in [-0.2, 0) is 11.0 Å². The number of rotatable bonds is 5. The van der Waals surface area contributed by atoms with Crippen LogP contribution in [0.3, 0.4) is 0 Å². The maximum absolute atomic E-state index is 12.5. The van der Waals surface area contributed by atoms with Crippen LogP contribution in [0.25, 0.3) is 0 Å².